The molecule has 8 heteroatoms. The summed E-state index contributed by atoms with van der Waals surface area (Å²) in [5.41, 5.74) is 0.397. The standard InChI is InChI=1S/C11H19N5O2S/c1-5-12-11-13-8(2)9(16(17)18)10(14-11)19-7-6-15(3)4/h5-7H2,1-4H3,(H,12,13,14). The molecule has 1 aromatic rings. The highest BCUT2D eigenvalue weighted by molar-refractivity contribution is 7.99. The molecule has 0 spiro atoms. The highest BCUT2D eigenvalue weighted by atomic mass is 32.2. The van der Waals surface area contributed by atoms with Crippen molar-refractivity contribution in [3.63, 3.8) is 0 Å². The highest BCUT2D eigenvalue weighted by Gasteiger charge is 2.22. The molecule has 0 unspecified atom stereocenters. The average molecular weight is 285 g/mol. The summed E-state index contributed by atoms with van der Waals surface area (Å²) in [6, 6.07) is 0. The van der Waals surface area contributed by atoms with Gasteiger partial charge in [0.05, 0.1) is 4.92 Å². The van der Waals surface area contributed by atoms with Crippen molar-refractivity contribution >= 4 is 23.4 Å². The Bertz CT molecular complexity index is 453. The first-order valence-electron chi connectivity index (χ1n) is 6.00. The summed E-state index contributed by atoms with van der Waals surface area (Å²) in [4.78, 5) is 21.0. The minimum absolute atomic E-state index is 0.00501. The monoisotopic (exact) mass is 285 g/mol. The van der Waals surface area contributed by atoms with Crippen LogP contribution in [0, 0.1) is 17.0 Å². The number of hydrogen-bond acceptors (Lipinski definition) is 7. The Balaban J connectivity index is 2.99. The van der Waals surface area contributed by atoms with E-state index in [4.69, 9.17) is 0 Å². The van der Waals surface area contributed by atoms with Crippen molar-refractivity contribution in [3.8, 4) is 0 Å². The number of hydrogen-bond donors (Lipinski definition) is 1. The zero-order chi connectivity index (χ0) is 14.4. The van der Waals surface area contributed by atoms with Gasteiger partial charge in [0.25, 0.3) is 0 Å². The van der Waals surface area contributed by atoms with Gasteiger partial charge in [0.1, 0.15) is 5.69 Å². The average Bonchev–Trinajstić information content (AvgIpc) is 2.27. The van der Waals surface area contributed by atoms with E-state index >= 15 is 0 Å². The van der Waals surface area contributed by atoms with Gasteiger partial charge in [0, 0.05) is 18.8 Å². The zero-order valence-corrected chi connectivity index (χ0v) is 12.5. The van der Waals surface area contributed by atoms with Crippen LogP contribution in [0.2, 0.25) is 0 Å². The van der Waals surface area contributed by atoms with Gasteiger partial charge in [0.15, 0.2) is 5.03 Å². The normalized spacial score (nSPS) is 10.8. The third-order valence-corrected chi connectivity index (χ3v) is 3.27. The van der Waals surface area contributed by atoms with Crippen molar-refractivity contribution in [2.24, 2.45) is 0 Å². The molecule has 19 heavy (non-hydrogen) atoms. The van der Waals surface area contributed by atoms with Crippen LogP contribution < -0.4 is 5.32 Å². The SMILES string of the molecule is CCNc1nc(C)c([N+](=O)[O-])c(SCCN(C)C)n1. The largest absolute Gasteiger partial charge is 0.354 e. The van der Waals surface area contributed by atoms with Crippen LogP contribution in [0.25, 0.3) is 0 Å². The van der Waals surface area contributed by atoms with Gasteiger partial charge < -0.3 is 10.2 Å². The molecule has 0 fully saturated rings. The molecule has 0 amide bonds. The zero-order valence-electron chi connectivity index (χ0n) is 11.6. The van der Waals surface area contributed by atoms with Gasteiger partial charge in [-0.25, -0.2) is 4.98 Å². The van der Waals surface area contributed by atoms with Crippen LogP contribution in [0.3, 0.4) is 0 Å². The summed E-state index contributed by atoms with van der Waals surface area (Å²) in [5.74, 6) is 1.19. The minimum atomic E-state index is -0.414. The Labute approximate surface area is 117 Å². The van der Waals surface area contributed by atoms with Crippen LogP contribution in [-0.4, -0.2) is 52.7 Å². The van der Waals surface area contributed by atoms with Crippen LogP contribution >= 0.6 is 11.8 Å². The molecule has 0 aliphatic heterocycles. The summed E-state index contributed by atoms with van der Waals surface area (Å²) in [6.07, 6.45) is 0. The Morgan fingerprint density at radius 2 is 2.11 bits per heavy atom. The molecule has 1 rings (SSSR count). The third-order valence-electron chi connectivity index (χ3n) is 2.32. The lowest BCUT2D eigenvalue weighted by molar-refractivity contribution is -0.389. The molecular weight excluding hydrogens is 266 g/mol. The van der Waals surface area contributed by atoms with Gasteiger partial charge in [-0.15, -0.1) is 0 Å². The summed E-state index contributed by atoms with van der Waals surface area (Å²) < 4.78 is 0. The number of rotatable bonds is 7. The molecule has 1 heterocycles. The van der Waals surface area contributed by atoms with Gasteiger partial charge in [-0.2, -0.15) is 4.98 Å². The maximum atomic E-state index is 11.1. The molecule has 1 N–H and O–H groups in total. The van der Waals surface area contributed by atoms with E-state index < -0.39 is 4.92 Å². The fourth-order valence-corrected chi connectivity index (χ4v) is 2.57. The molecule has 106 valence electrons. The van der Waals surface area contributed by atoms with E-state index in [0.29, 0.717) is 23.2 Å². The van der Waals surface area contributed by atoms with Gasteiger partial charge in [0.2, 0.25) is 5.95 Å². The van der Waals surface area contributed by atoms with Crippen molar-refractivity contribution in [3.05, 3.63) is 15.8 Å². The molecule has 0 bridgehead atoms. The van der Waals surface area contributed by atoms with E-state index in [1.54, 1.807) is 6.92 Å². The van der Waals surface area contributed by atoms with Crippen molar-refractivity contribution < 1.29 is 4.92 Å². The number of nitrogens with zero attached hydrogens (tertiary/aromatic N) is 4. The van der Waals surface area contributed by atoms with Gasteiger partial charge >= 0.3 is 5.69 Å². The Morgan fingerprint density at radius 1 is 1.42 bits per heavy atom. The van der Waals surface area contributed by atoms with Crippen molar-refractivity contribution in [2.75, 3.05) is 38.3 Å². The lowest BCUT2D eigenvalue weighted by Gasteiger charge is -2.10. The second-order valence-corrected chi connectivity index (χ2v) is 5.31. The predicted molar refractivity (Wildman–Crippen MR) is 76.9 cm³/mol. The number of nitro groups is 1. The number of thioether (sulfide) groups is 1. The quantitative estimate of drug-likeness (QED) is 0.354. The summed E-state index contributed by atoms with van der Waals surface area (Å²) in [6.45, 7) is 5.08. The second kappa shape index (κ2) is 7.25. The van der Waals surface area contributed by atoms with Crippen molar-refractivity contribution in [2.45, 2.75) is 18.9 Å². The summed E-state index contributed by atoms with van der Waals surface area (Å²) in [5, 5.41) is 14.5. The van der Waals surface area contributed by atoms with Gasteiger partial charge in [-0.05, 0) is 27.9 Å². The number of anilines is 1. The van der Waals surface area contributed by atoms with E-state index in [9.17, 15) is 10.1 Å². The van der Waals surface area contributed by atoms with Crippen molar-refractivity contribution in [1.82, 2.24) is 14.9 Å². The van der Waals surface area contributed by atoms with Crippen LogP contribution in [0.1, 0.15) is 12.6 Å². The first kappa shape index (κ1) is 15.6. The molecule has 0 atom stereocenters. The van der Waals surface area contributed by atoms with E-state index in [1.165, 1.54) is 11.8 Å². The minimum Gasteiger partial charge on any atom is -0.354 e. The fraction of sp³-hybridized carbons (Fsp3) is 0.636. The molecule has 0 saturated carbocycles. The smallest absolute Gasteiger partial charge is 0.322 e. The Kier molecular flexibility index (Phi) is 5.97. The molecule has 0 aliphatic rings. The lowest BCUT2D eigenvalue weighted by Crippen LogP contribution is -2.15. The maximum absolute atomic E-state index is 11.1. The van der Waals surface area contributed by atoms with Crippen molar-refractivity contribution in [1.29, 1.82) is 0 Å². The third kappa shape index (κ3) is 4.64. The predicted octanol–water partition coefficient (Wildman–Crippen LogP) is 1.78. The highest BCUT2D eigenvalue weighted by Crippen LogP contribution is 2.30. The molecule has 0 aliphatic carbocycles. The number of aryl methyl sites for hydroxylation is 1. The fourth-order valence-electron chi connectivity index (χ4n) is 1.41. The van der Waals surface area contributed by atoms with Gasteiger partial charge in [-0.3, -0.25) is 10.1 Å². The molecule has 0 radical (unpaired) electrons. The number of aromatic nitrogens is 2. The maximum Gasteiger partial charge on any atom is 0.322 e. The summed E-state index contributed by atoms with van der Waals surface area (Å²) >= 11 is 1.38. The van der Waals surface area contributed by atoms with Crippen LogP contribution in [-0.2, 0) is 0 Å². The number of nitrogens with one attached hydrogen (secondary N) is 1. The Hall–Kier alpha value is -1.41. The molecule has 0 saturated heterocycles. The van der Waals surface area contributed by atoms with E-state index in [1.807, 2.05) is 25.9 Å². The van der Waals surface area contributed by atoms with E-state index in [0.717, 1.165) is 12.3 Å². The Morgan fingerprint density at radius 3 is 2.63 bits per heavy atom. The molecule has 7 nitrogen and oxygen atoms in total. The first-order chi connectivity index (χ1) is 8.95. The van der Waals surface area contributed by atoms with Crippen LogP contribution in [0.4, 0.5) is 11.6 Å². The lowest BCUT2D eigenvalue weighted by atomic mass is 10.4. The summed E-state index contributed by atoms with van der Waals surface area (Å²) in [7, 11) is 3.93. The first-order valence-corrected chi connectivity index (χ1v) is 6.98. The van der Waals surface area contributed by atoms with Gasteiger partial charge in [-0.1, -0.05) is 11.8 Å². The van der Waals surface area contributed by atoms with Crippen LogP contribution in [0.15, 0.2) is 5.03 Å². The molecule has 1 aromatic heterocycles. The topological polar surface area (TPSA) is 84.2 Å². The molecule has 0 aromatic carbocycles. The van der Waals surface area contributed by atoms with E-state index in [2.05, 4.69) is 15.3 Å². The van der Waals surface area contributed by atoms with E-state index in [-0.39, 0.29) is 5.69 Å². The second-order valence-electron chi connectivity index (χ2n) is 4.23. The molecular formula is C11H19N5O2S. The van der Waals surface area contributed by atoms with Crippen LogP contribution in [0.5, 0.6) is 0 Å².